The summed E-state index contributed by atoms with van der Waals surface area (Å²) in [6, 6.07) is 3.97. The lowest BCUT2D eigenvalue weighted by atomic mass is 10.0. The van der Waals surface area contributed by atoms with E-state index in [1.807, 2.05) is 62.7 Å². The first-order valence-electron chi connectivity index (χ1n) is 11.2. The number of nitrogens with zero attached hydrogens (tertiary/aromatic N) is 5. The molecule has 1 N–H and O–H groups in total. The van der Waals surface area contributed by atoms with Crippen molar-refractivity contribution in [1.82, 2.24) is 24.9 Å². The number of rotatable bonds is 5. The van der Waals surface area contributed by atoms with Crippen LogP contribution in [0.25, 0.3) is 11.4 Å². The number of amides is 1. The number of aromatic nitrogens is 4. The molecule has 2 fully saturated rings. The second-order valence-corrected chi connectivity index (χ2v) is 10.1. The summed E-state index contributed by atoms with van der Waals surface area (Å²) < 4.78 is 7.36. The van der Waals surface area contributed by atoms with Crippen LogP contribution in [0.15, 0.2) is 18.3 Å². The number of hydrogen-bond donors (Lipinski definition) is 1. The minimum atomic E-state index is -0.430. The third-order valence-electron chi connectivity index (χ3n) is 6.39. The number of aryl methyl sites for hydroxylation is 2. The summed E-state index contributed by atoms with van der Waals surface area (Å²) in [6.07, 6.45) is 5.17. The highest BCUT2D eigenvalue weighted by Crippen LogP contribution is 2.43. The van der Waals surface area contributed by atoms with Crippen LogP contribution in [-0.2, 0) is 11.8 Å². The molecule has 2 aromatic rings. The first kappa shape index (κ1) is 21.6. The van der Waals surface area contributed by atoms with Crippen LogP contribution < -0.4 is 5.32 Å². The molecule has 1 saturated carbocycles. The predicted molar refractivity (Wildman–Crippen MR) is 120 cm³/mol. The van der Waals surface area contributed by atoms with Crippen LogP contribution in [0, 0.1) is 24.7 Å². The third-order valence-corrected chi connectivity index (χ3v) is 6.39. The van der Waals surface area contributed by atoms with E-state index in [2.05, 4.69) is 20.6 Å². The van der Waals surface area contributed by atoms with Gasteiger partial charge in [0.15, 0.2) is 0 Å². The Kier molecular flexibility index (Phi) is 5.90. The molecule has 8 nitrogen and oxygen atoms in total. The van der Waals surface area contributed by atoms with E-state index >= 15 is 0 Å². The molecule has 8 heteroatoms. The maximum absolute atomic E-state index is 12.3. The molecule has 1 aliphatic carbocycles. The molecule has 4 rings (SSSR count). The zero-order chi connectivity index (χ0) is 22.2. The molecule has 1 saturated heterocycles. The normalized spacial score (nSPS) is 23.1. The fraction of sp³-hybridized carbons (Fsp3) is 0.652. The zero-order valence-corrected chi connectivity index (χ0v) is 19.3. The number of nitrogens with one attached hydrogen (secondary N) is 1. The maximum Gasteiger partial charge on any atom is 0.410 e. The average molecular weight is 427 g/mol. The smallest absolute Gasteiger partial charge is 0.410 e. The molecular formula is C23H34N6O2. The monoisotopic (exact) mass is 426 g/mol. The van der Waals surface area contributed by atoms with E-state index in [0.717, 1.165) is 48.8 Å². The molecule has 3 heterocycles. The van der Waals surface area contributed by atoms with Gasteiger partial charge in [-0.05, 0) is 82.4 Å². The number of likely N-dealkylation sites (tertiary alicyclic amines) is 1. The highest BCUT2D eigenvalue weighted by molar-refractivity contribution is 5.68. The van der Waals surface area contributed by atoms with E-state index in [1.54, 1.807) is 0 Å². The highest BCUT2D eigenvalue weighted by Gasteiger charge is 2.43. The van der Waals surface area contributed by atoms with Gasteiger partial charge in [-0.25, -0.2) is 4.79 Å². The van der Waals surface area contributed by atoms with E-state index < -0.39 is 5.60 Å². The van der Waals surface area contributed by atoms with Crippen molar-refractivity contribution < 1.29 is 9.53 Å². The fourth-order valence-electron chi connectivity index (χ4n) is 5.01. The minimum Gasteiger partial charge on any atom is -0.444 e. The van der Waals surface area contributed by atoms with E-state index in [4.69, 9.17) is 4.74 Å². The predicted octanol–water partition coefficient (Wildman–Crippen LogP) is 3.88. The van der Waals surface area contributed by atoms with Gasteiger partial charge in [-0.1, -0.05) is 0 Å². The van der Waals surface area contributed by atoms with Crippen LogP contribution in [0.3, 0.4) is 0 Å². The van der Waals surface area contributed by atoms with E-state index in [-0.39, 0.29) is 6.09 Å². The van der Waals surface area contributed by atoms with Gasteiger partial charge in [0.2, 0.25) is 0 Å². The van der Waals surface area contributed by atoms with E-state index in [0.29, 0.717) is 17.8 Å². The highest BCUT2D eigenvalue weighted by atomic mass is 16.6. The second-order valence-electron chi connectivity index (χ2n) is 10.1. The Morgan fingerprint density at radius 2 is 1.90 bits per heavy atom. The number of hydrogen-bond acceptors (Lipinski definition) is 6. The van der Waals surface area contributed by atoms with Gasteiger partial charge in [0.1, 0.15) is 17.1 Å². The van der Waals surface area contributed by atoms with Crippen molar-refractivity contribution >= 4 is 11.9 Å². The molecule has 1 unspecified atom stereocenters. The number of carbonyl (C=O) groups is 1. The molecular weight excluding hydrogens is 392 g/mol. The van der Waals surface area contributed by atoms with Crippen LogP contribution in [0.4, 0.5) is 10.6 Å². The molecule has 3 atom stereocenters. The molecule has 1 amide bonds. The van der Waals surface area contributed by atoms with Gasteiger partial charge in [-0.3, -0.25) is 4.68 Å². The standard InChI is InChI=1S/C23H34N6O2/c1-15-12-25-28(5)21(15)19-6-7-20(27-26-19)24-9-8-16-10-17-13-29(14-18(17)11-16)22(30)31-23(2,3)4/h6-7,12,16-18H,8-11,13-14H2,1-5H3,(H,24,27)/t16?,17-,18+. The molecule has 31 heavy (non-hydrogen) atoms. The van der Waals surface area contributed by atoms with Crippen molar-refractivity contribution in [2.24, 2.45) is 24.8 Å². The minimum absolute atomic E-state index is 0.163. The molecule has 2 aromatic heterocycles. The molecule has 168 valence electrons. The Hall–Kier alpha value is -2.64. The van der Waals surface area contributed by atoms with Crippen molar-refractivity contribution in [3.63, 3.8) is 0 Å². The Balaban J connectivity index is 1.21. The van der Waals surface area contributed by atoms with Crippen molar-refractivity contribution in [3.05, 3.63) is 23.9 Å². The van der Waals surface area contributed by atoms with E-state index in [9.17, 15) is 4.79 Å². The van der Waals surface area contributed by atoms with Crippen LogP contribution in [0.2, 0.25) is 0 Å². The SMILES string of the molecule is Cc1cnn(C)c1-c1ccc(NCCC2C[C@@H]3CN(C(=O)OC(C)(C)C)C[C@@H]3C2)nn1. The summed E-state index contributed by atoms with van der Waals surface area (Å²) in [5.41, 5.74) is 2.49. The second kappa shape index (κ2) is 8.48. The number of ether oxygens (including phenoxy) is 1. The molecule has 0 spiro atoms. The summed E-state index contributed by atoms with van der Waals surface area (Å²) in [5, 5.41) is 16.4. The van der Waals surface area contributed by atoms with Gasteiger partial charge in [0.05, 0.1) is 11.9 Å². The average Bonchev–Trinajstić information content (AvgIpc) is 3.34. The number of anilines is 1. The quantitative estimate of drug-likeness (QED) is 0.781. The van der Waals surface area contributed by atoms with Crippen LogP contribution in [-0.4, -0.2) is 56.2 Å². The lowest BCUT2D eigenvalue weighted by molar-refractivity contribution is 0.0277. The third kappa shape index (κ3) is 4.99. The summed E-state index contributed by atoms with van der Waals surface area (Å²) in [5.74, 6) is 2.72. The molecule has 1 aliphatic heterocycles. The lowest BCUT2D eigenvalue weighted by Crippen LogP contribution is -2.36. The summed E-state index contributed by atoms with van der Waals surface area (Å²) in [4.78, 5) is 14.2. The number of fused-ring (bicyclic) bond motifs is 1. The van der Waals surface area contributed by atoms with Gasteiger partial charge in [-0.2, -0.15) is 5.10 Å². The Labute approximate surface area is 184 Å². The largest absolute Gasteiger partial charge is 0.444 e. The molecule has 0 bridgehead atoms. The Morgan fingerprint density at radius 1 is 1.19 bits per heavy atom. The van der Waals surface area contributed by atoms with Crippen molar-refractivity contribution in [1.29, 1.82) is 0 Å². The summed E-state index contributed by atoms with van der Waals surface area (Å²) >= 11 is 0. The van der Waals surface area contributed by atoms with Crippen molar-refractivity contribution in [2.45, 2.75) is 52.6 Å². The van der Waals surface area contributed by atoms with Gasteiger partial charge in [-0.15, -0.1) is 10.2 Å². The first-order valence-corrected chi connectivity index (χ1v) is 11.2. The first-order chi connectivity index (χ1) is 14.7. The van der Waals surface area contributed by atoms with E-state index in [1.165, 1.54) is 12.8 Å². The Morgan fingerprint density at radius 3 is 2.45 bits per heavy atom. The molecule has 0 radical (unpaired) electrons. The summed E-state index contributed by atoms with van der Waals surface area (Å²) in [6.45, 7) is 10.3. The van der Waals surface area contributed by atoms with Gasteiger partial charge < -0.3 is 15.0 Å². The Bertz CT molecular complexity index is 884. The fourth-order valence-corrected chi connectivity index (χ4v) is 5.01. The van der Waals surface area contributed by atoms with Gasteiger partial charge in [0, 0.05) is 26.7 Å². The van der Waals surface area contributed by atoms with Gasteiger partial charge >= 0.3 is 6.09 Å². The maximum atomic E-state index is 12.3. The van der Waals surface area contributed by atoms with Crippen molar-refractivity contribution in [3.8, 4) is 11.4 Å². The molecule has 0 aromatic carbocycles. The van der Waals surface area contributed by atoms with Crippen LogP contribution >= 0.6 is 0 Å². The lowest BCUT2D eigenvalue weighted by Gasteiger charge is -2.25. The summed E-state index contributed by atoms with van der Waals surface area (Å²) in [7, 11) is 1.92. The zero-order valence-electron chi connectivity index (χ0n) is 19.3. The van der Waals surface area contributed by atoms with Crippen LogP contribution in [0.5, 0.6) is 0 Å². The number of carbonyl (C=O) groups excluding carboxylic acids is 1. The topological polar surface area (TPSA) is 85.2 Å². The van der Waals surface area contributed by atoms with Gasteiger partial charge in [0.25, 0.3) is 0 Å². The van der Waals surface area contributed by atoms with Crippen molar-refractivity contribution in [2.75, 3.05) is 25.0 Å². The molecule has 2 aliphatic rings. The van der Waals surface area contributed by atoms with Crippen LogP contribution in [0.1, 0.15) is 45.6 Å².